The Balaban J connectivity index is 1.55. The van der Waals surface area contributed by atoms with E-state index in [0.717, 1.165) is 47.3 Å². The van der Waals surface area contributed by atoms with Crippen molar-refractivity contribution in [2.75, 3.05) is 13.1 Å². The number of aromatic nitrogens is 2. The van der Waals surface area contributed by atoms with Crippen LogP contribution in [0, 0.1) is 13.8 Å². The first-order chi connectivity index (χ1) is 15.0. The zero-order valence-electron chi connectivity index (χ0n) is 17.9. The molecule has 1 saturated heterocycles. The lowest BCUT2D eigenvalue weighted by Gasteiger charge is -2.35. The van der Waals surface area contributed by atoms with E-state index in [0.29, 0.717) is 18.8 Å². The minimum absolute atomic E-state index is 0.139. The molecule has 0 spiro atoms. The van der Waals surface area contributed by atoms with E-state index in [1.807, 2.05) is 48.0 Å². The molecule has 1 aromatic heterocycles. The van der Waals surface area contributed by atoms with E-state index < -0.39 is 6.04 Å². The Morgan fingerprint density at radius 1 is 1.06 bits per heavy atom. The van der Waals surface area contributed by atoms with Crippen LogP contribution in [0.15, 0.2) is 48.5 Å². The van der Waals surface area contributed by atoms with Crippen molar-refractivity contribution in [3.8, 4) is 5.69 Å². The van der Waals surface area contributed by atoms with Crippen molar-refractivity contribution in [2.45, 2.75) is 39.2 Å². The van der Waals surface area contributed by atoms with Crippen molar-refractivity contribution in [3.05, 3.63) is 82.2 Å². The van der Waals surface area contributed by atoms with Crippen molar-refractivity contribution in [1.29, 1.82) is 0 Å². The maximum absolute atomic E-state index is 13.7. The Morgan fingerprint density at radius 3 is 2.65 bits per heavy atom. The Bertz CT molecular complexity index is 1160. The number of aryl methyl sites for hydroxylation is 2. The summed E-state index contributed by atoms with van der Waals surface area (Å²) in [5, 5.41) is 7.69. The van der Waals surface area contributed by atoms with Gasteiger partial charge in [0.05, 0.1) is 5.69 Å². The molecule has 1 N–H and O–H groups in total. The van der Waals surface area contributed by atoms with E-state index >= 15 is 0 Å². The summed E-state index contributed by atoms with van der Waals surface area (Å²) in [4.78, 5) is 28.2. The lowest BCUT2D eigenvalue weighted by molar-refractivity contribution is -0.128. The molecular weight excluding hydrogens is 388 g/mol. The number of nitrogens with one attached hydrogen (secondary N) is 1. The third-order valence-corrected chi connectivity index (χ3v) is 6.24. The van der Waals surface area contributed by atoms with Gasteiger partial charge in [0.25, 0.3) is 5.91 Å². The SMILES string of the molecule is Cc1ccc(-n2nc(C(=O)N3CCNC(=O)C3c3cccc(C)c3)c3c2CCC3)cc1. The fourth-order valence-corrected chi connectivity index (χ4v) is 4.70. The normalized spacial score (nSPS) is 18.1. The van der Waals surface area contributed by atoms with Crippen molar-refractivity contribution in [3.63, 3.8) is 0 Å². The monoisotopic (exact) mass is 414 g/mol. The Hall–Kier alpha value is -3.41. The van der Waals surface area contributed by atoms with Crippen molar-refractivity contribution in [1.82, 2.24) is 20.0 Å². The van der Waals surface area contributed by atoms with E-state index in [-0.39, 0.29) is 11.8 Å². The van der Waals surface area contributed by atoms with E-state index in [9.17, 15) is 9.59 Å². The third-order valence-electron chi connectivity index (χ3n) is 6.24. The van der Waals surface area contributed by atoms with Crippen LogP contribution in [-0.2, 0) is 17.6 Å². The van der Waals surface area contributed by atoms with Gasteiger partial charge in [-0.1, -0.05) is 47.5 Å². The quantitative estimate of drug-likeness (QED) is 0.715. The highest BCUT2D eigenvalue weighted by Gasteiger charge is 2.38. The second-order valence-electron chi connectivity index (χ2n) is 8.48. The van der Waals surface area contributed by atoms with Crippen LogP contribution < -0.4 is 5.32 Å². The average molecular weight is 415 g/mol. The lowest BCUT2D eigenvalue weighted by Crippen LogP contribution is -2.52. The number of amides is 2. The number of carbonyl (C=O) groups excluding carboxylic acids is 2. The molecule has 0 radical (unpaired) electrons. The fourth-order valence-electron chi connectivity index (χ4n) is 4.70. The maximum atomic E-state index is 13.7. The van der Waals surface area contributed by atoms with Crippen molar-refractivity contribution in [2.24, 2.45) is 0 Å². The molecule has 3 aromatic rings. The molecule has 6 heteroatoms. The van der Waals surface area contributed by atoms with Gasteiger partial charge in [-0.2, -0.15) is 5.10 Å². The summed E-state index contributed by atoms with van der Waals surface area (Å²) in [6.07, 6.45) is 2.77. The van der Waals surface area contributed by atoms with Gasteiger partial charge in [-0.15, -0.1) is 0 Å². The molecule has 1 aliphatic carbocycles. The zero-order chi connectivity index (χ0) is 21.5. The average Bonchev–Trinajstić information content (AvgIpc) is 3.37. The van der Waals surface area contributed by atoms with Gasteiger partial charge < -0.3 is 10.2 Å². The Kier molecular flexibility index (Phi) is 4.85. The summed E-state index contributed by atoms with van der Waals surface area (Å²) in [6, 6.07) is 15.4. The molecule has 0 saturated carbocycles. The highest BCUT2D eigenvalue weighted by atomic mass is 16.2. The van der Waals surface area contributed by atoms with E-state index in [4.69, 9.17) is 5.10 Å². The summed E-state index contributed by atoms with van der Waals surface area (Å²) in [5.74, 6) is -0.301. The molecule has 2 aliphatic rings. The molecule has 0 bridgehead atoms. The third kappa shape index (κ3) is 3.42. The molecular formula is C25H26N4O2. The summed E-state index contributed by atoms with van der Waals surface area (Å²) in [7, 11) is 0. The van der Waals surface area contributed by atoms with Crippen molar-refractivity contribution < 1.29 is 9.59 Å². The van der Waals surface area contributed by atoms with Crippen LogP contribution in [0.2, 0.25) is 0 Å². The second-order valence-corrected chi connectivity index (χ2v) is 8.48. The number of hydrogen-bond donors (Lipinski definition) is 1. The molecule has 2 heterocycles. The van der Waals surface area contributed by atoms with Gasteiger partial charge >= 0.3 is 0 Å². The van der Waals surface area contributed by atoms with E-state index in [1.165, 1.54) is 5.56 Å². The Morgan fingerprint density at radius 2 is 1.87 bits per heavy atom. The number of carbonyl (C=O) groups is 2. The number of fused-ring (bicyclic) bond motifs is 1. The first-order valence-corrected chi connectivity index (χ1v) is 10.9. The van der Waals surface area contributed by atoms with Gasteiger partial charge in [0.15, 0.2) is 5.69 Å². The van der Waals surface area contributed by atoms with Crippen LogP contribution in [0.4, 0.5) is 0 Å². The molecule has 1 fully saturated rings. The van der Waals surface area contributed by atoms with Gasteiger partial charge in [-0.3, -0.25) is 9.59 Å². The minimum atomic E-state index is -0.636. The topological polar surface area (TPSA) is 67.2 Å². The number of rotatable bonds is 3. The van der Waals surface area contributed by atoms with Crippen LogP contribution in [0.25, 0.3) is 5.69 Å². The minimum Gasteiger partial charge on any atom is -0.352 e. The summed E-state index contributed by atoms with van der Waals surface area (Å²) in [6.45, 7) is 4.97. The molecule has 31 heavy (non-hydrogen) atoms. The van der Waals surface area contributed by atoms with Crippen LogP contribution in [-0.4, -0.2) is 39.6 Å². The van der Waals surface area contributed by atoms with Gasteiger partial charge in [0, 0.05) is 24.3 Å². The summed E-state index contributed by atoms with van der Waals surface area (Å²) >= 11 is 0. The smallest absolute Gasteiger partial charge is 0.275 e. The van der Waals surface area contributed by atoms with Crippen molar-refractivity contribution >= 4 is 11.8 Å². The number of benzene rings is 2. The molecule has 2 aromatic carbocycles. The molecule has 6 nitrogen and oxygen atoms in total. The largest absolute Gasteiger partial charge is 0.352 e. The highest BCUT2D eigenvalue weighted by Crippen LogP contribution is 2.31. The molecule has 1 unspecified atom stereocenters. The van der Waals surface area contributed by atoms with Crippen LogP contribution in [0.5, 0.6) is 0 Å². The van der Waals surface area contributed by atoms with Crippen LogP contribution >= 0.6 is 0 Å². The predicted octanol–water partition coefficient (Wildman–Crippen LogP) is 3.29. The summed E-state index contributed by atoms with van der Waals surface area (Å²) in [5.41, 5.74) is 6.67. The number of nitrogens with zero attached hydrogens (tertiary/aromatic N) is 3. The standard InChI is InChI=1S/C25H26N4O2/c1-16-9-11-19(12-10-16)29-21-8-4-7-20(21)22(27-29)25(31)28-14-13-26-24(30)23(28)18-6-3-5-17(2)15-18/h3,5-6,9-12,15,23H,4,7-8,13-14H2,1-2H3,(H,26,30). The number of piperazine rings is 1. The summed E-state index contributed by atoms with van der Waals surface area (Å²) < 4.78 is 1.92. The van der Waals surface area contributed by atoms with E-state index in [1.54, 1.807) is 4.90 Å². The fraction of sp³-hybridized carbons (Fsp3) is 0.320. The highest BCUT2D eigenvalue weighted by molar-refractivity contribution is 5.98. The molecule has 158 valence electrons. The first-order valence-electron chi connectivity index (χ1n) is 10.9. The van der Waals surface area contributed by atoms with Gasteiger partial charge in [-0.05, 0) is 50.8 Å². The number of hydrogen-bond acceptors (Lipinski definition) is 3. The molecule has 5 rings (SSSR count). The Labute approximate surface area is 181 Å². The predicted molar refractivity (Wildman–Crippen MR) is 118 cm³/mol. The molecule has 2 amide bonds. The zero-order valence-corrected chi connectivity index (χ0v) is 17.9. The van der Waals surface area contributed by atoms with Gasteiger partial charge in [0.1, 0.15) is 6.04 Å². The molecule has 1 aliphatic heterocycles. The van der Waals surface area contributed by atoms with Gasteiger partial charge in [0.2, 0.25) is 5.91 Å². The van der Waals surface area contributed by atoms with Crippen LogP contribution in [0.1, 0.15) is 50.9 Å². The van der Waals surface area contributed by atoms with Crippen LogP contribution in [0.3, 0.4) is 0 Å². The van der Waals surface area contributed by atoms with Gasteiger partial charge in [-0.25, -0.2) is 4.68 Å². The maximum Gasteiger partial charge on any atom is 0.275 e. The first kappa shape index (κ1) is 19.5. The lowest BCUT2D eigenvalue weighted by atomic mass is 9.99. The van der Waals surface area contributed by atoms with E-state index in [2.05, 4.69) is 24.4 Å². The molecule has 1 atom stereocenters. The second kappa shape index (κ2) is 7.69.